The highest BCUT2D eigenvalue weighted by Crippen LogP contribution is 2.31. The summed E-state index contributed by atoms with van der Waals surface area (Å²) in [5.41, 5.74) is 2.80. The number of hydrogen-bond donors (Lipinski definition) is 4. The molecule has 192 valence electrons. The average molecular weight is 505 g/mol. The van der Waals surface area contributed by atoms with E-state index in [-0.39, 0.29) is 24.7 Å². The van der Waals surface area contributed by atoms with Gasteiger partial charge in [0, 0.05) is 25.2 Å². The lowest BCUT2D eigenvalue weighted by atomic mass is 9.91. The first-order valence-electron chi connectivity index (χ1n) is 11.0. The first kappa shape index (κ1) is 28.1. The zero-order valence-corrected chi connectivity index (χ0v) is 19.2. The van der Waals surface area contributed by atoms with Crippen molar-refractivity contribution in [2.75, 3.05) is 18.4 Å². The molecule has 4 N–H and O–H groups in total. The van der Waals surface area contributed by atoms with Gasteiger partial charge in [0.05, 0.1) is 12.8 Å². The van der Waals surface area contributed by atoms with Crippen molar-refractivity contribution >= 4 is 29.7 Å². The van der Waals surface area contributed by atoms with Gasteiger partial charge in [0.15, 0.2) is 0 Å². The molecule has 1 aliphatic rings. The Labute approximate surface area is 205 Å². The lowest BCUT2D eigenvalue weighted by Gasteiger charge is -2.13. The molecule has 1 unspecified atom stereocenters. The van der Waals surface area contributed by atoms with Crippen LogP contribution >= 0.6 is 0 Å². The minimum atomic E-state index is -5.08. The Hall–Kier alpha value is -4.15. The SMILES string of the molecule is O=C(O)C(F)(F)F.O=C(O)CC1C=C(CC(=O)NCCCNc2ccccn2)C=Cc2ccccc21. The Balaban J connectivity index is 0.000000572. The molecule has 0 saturated carbocycles. The van der Waals surface area contributed by atoms with E-state index in [0.29, 0.717) is 6.54 Å². The van der Waals surface area contributed by atoms with Crippen molar-refractivity contribution < 1.29 is 37.8 Å². The number of carboxylic acid groups (broad SMARTS) is 2. The Morgan fingerprint density at radius 3 is 2.31 bits per heavy atom. The summed E-state index contributed by atoms with van der Waals surface area (Å²) in [6, 6.07) is 13.4. The lowest BCUT2D eigenvalue weighted by molar-refractivity contribution is -0.192. The van der Waals surface area contributed by atoms with Crippen molar-refractivity contribution in [3.8, 4) is 0 Å². The van der Waals surface area contributed by atoms with E-state index < -0.39 is 18.1 Å². The van der Waals surface area contributed by atoms with Crippen LogP contribution in [0, 0.1) is 0 Å². The number of carbonyl (C=O) groups excluding carboxylic acids is 1. The van der Waals surface area contributed by atoms with Crippen LogP contribution in [-0.4, -0.2) is 52.3 Å². The van der Waals surface area contributed by atoms with Crippen LogP contribution in [0.5, 0.6) is 0 Å². The fraction of sp³-hybridized carbons (Fsp3) is 0.280. The van der Waals surface area contributed by atoms with Gasteiger partial charge in [-0.25, -0.2) is 9.78 Å². The summed E-state index contributed by atoms with van der Waals surface area (Å²) < 4.78 is 31.7. The van der Waals surface area contributed by atoms with E-state index in [2.05, 4.69) is 15.6 Å². The highest BCUT2D eigenvalue weighted by molar-refractivity contribution is 5.80. The molecular formula is C25H26F3N3O5. The van der Waals surface area contributed by atoms with Gasteiger partial charge in [0.1, 0.15) is 5.82 Å². The number of amides is 1. The van der Waals surface area contributed by atoms with Crippen molar-refractivity contribution in [2.45, 2.75) is 31.4 Å². The number of carbonyl (C=O) groups is 3. The second-order valence-corrected chi connectivity index (χ2v) is 7.73. The van der Waals surface area contributed by atoms with E-state index in [4.69, 9.17) is 9.90 Å². The van der Waals surface area contributed by atoms with Crippen LogP contribution in [0.4, 0.5) is 19.0 Å². The van der Waals surface area contributed by atoms with Crippen molar-refractivity contribution in [3.05, 3.63) is 77.5 Å². The number of nitrogens with one attached hydrogen (secondary N) is 2. The number of fused-ring (bicyclic) bond motifs is 1. The molecule has 11 heteroatoms. The molecular weight excluding hydrogens is 479 g/mol. The van der Waals surface area contributed by atoms with E-state index in [1.807, 2.05) is 60.7 Å². The van der Waals surface area contributed by atoms with E-state index >= 15 is 0 Å². The van der Waals surface area contributed by atoms with E-state index in [0.717, 1.165) is 35.5 Å². The highest BCUT2D eigenvalue weighted by Gasteiger charge is 2.38. The zero-order valence-electron chi connectivity index (χ0n) is 19.2. The molecule has 1 aromatic heterocycles. The molecule has 1 heterocycles. The van der Waals surface area contributed by atoms with Crippen LogP contribution in [0.15, 0.2) is 66.4 Å². The molecule has 8 nitrogen and oxygen atoms in total. The third-order valence-electron chi connectivity index (χ3n) is 4.94. The minimum absolute atomic E-state index is 0.00298. The number of anilines is 1. The molecule has 2 aromatic rings. The third kappa shape index (κ3) is 10.00. The van der Waals surface area contributed by atoms with Crippen LogP contribution in [-0.2, 0) is 14.4 Å². The molecule has 1 aromatic carbocycles. The maximum Gasteiger partial charge on any atom is 0.490 e. The molecule has 1 atom stereocenters. The summed E-state index contributed by atoms with van der Waals surface area (Å²) in [4.78, 5) is 36.7. The monoisotopic (exact) mass is 505 g/mol. The van der Waals surface area contributed by atoms with Crippen molar-refractivity contribution in [2.24, 2.45) is 0 Å². The Morgan fingerprint density at radius 2 is 1.67 bits per heavy atom. The maximum atomic E-state index is 12.3. The smallest absolute Gasteiger partial charge is 0.481 e. The standard InChI is InChI=1S/C23H25N3O3.C2HF3O2/c27-22(26-13-5-12-25-21-8-3-4-11-24-21)15-17-9-10-18-6-1-2-7-20(18)19(14-17)16-23(28)29;3-2(4,5)1(6)7/h1-4,6-11,14,19H,5,12-13,15-16H2,(H,24,25)(H,26,27)(H,28,29);(H,6,7). The zero-order chi connectivity index (χ0) is 26.6. The van der Waals surface area contributed by atoms with Crippen LogP contribution in [0.1, 0.15) is 36.3 Å². The van der Waals surface area contributed by atoms with Crippen LogP contribution in [0.2, 0.25) is 0 Å². The van der Waals surface area contributed by atoms with Gasteiger partial charge in [-0.15, -0.1) is 0 Å². The highest BCUT2D eigenvalue weighted by atomic mass is 19.4. The normalized spacial score (nSPS) is 14.3. The van der Waals surface area contributed by atoms with Crippen LogP contribution in [0.25, 0.3) is 6.08 Å². The van der Waals surface area contributed by atoms with Crippen molar-refractivity contribution in [1.82, 2.24) is 10.3 Å². The van der Waals surface area contributed by atoms with E-state index in [9.17, 15) is 27.9 Å². The predicted octanol–water partition coefficient (Wildman–Crippen LogP) is 4.23. The number of benzene rings is 1. The summed E-state index contributed by atoms with van der Waals surface area (Å²) in [7, 11) is 0. The first-order valence-corrected chi connectivity index (χ1v) is 11.0. The van der Waals surface area contributed by atoms with Crippen molar-refractivity contribution in [1.29, 1.82) is 0 Å². The number of carboxylic acids is 2. The van der Waals surface area contributed by atoms with Gasteiger partial charge < -0.3 is 20.8 Å². The summed E-state index contributed by atoms with van der Waals surface area (Å²) in [6.45, 7) is 1.28. The Kier molecular flexibility index (Phi) is 10.7. The average Bonchev–Trinajstić information content (AvgIpc) is 2.98. The topological polar surface area (TPSA) is 129 Å². The molecule has 1 aliphatic carbocycles. The largest absolute Gasteiger partial charge is 0.490 e. The quantitative estimate of drug-likeness (QED) is 0.375. The Bertz CT molecular complexity index is 1100. The molecule has 1 amide bonds. The van der Waals surface area contributed by atoms with Gasteiger partial charge in [-0.1, -0.05) is 48.6 Å². The number of halogens is 3. The summed E-state index contributed by atoms with van der Waals surface area (Å²) in [5.74, 6) is -3.11. The fourth-order valence-corrected chi connectivity index (χ4v) is 3.32. The molecule has 3 rings (SSSR count). The van der Waals surface area contributed by atoms with Gasteiger partial charge in [0.2, 0.25) is 5.91 Å². The Morgan fingerprint density at radius 1 is 0.972 bits per heavy atom. The van der Waals surface area contributed by atoms with E-state index in [1.165, 1.54) is 0 Å². The predicted molar refractivity (Wildman–Crippen MR) is 127 cm³/mol. The number of allylic oxidation sites excluding steroid dienone is 2. The number of hydrogen-bond acceptors (Lipinski definition) is 5. The second-order valence-electron chi connectivity index (χ2n) is 7.73. The third-order valence-corrected chi connectivity index (χ3v) is 4.94. The summed E-state index contributed by atoms with van der Waals surface area (Å²) >= 11 is 0. The first-order chi connectivity index (χ1) is 17.1. The summed E-state index contributed by atoms with van der Waals surface area (Å²) in [5, 5.41) is 22.5. The van der Waals surface area contributed by atoms with Gasteiger partial charge in [-0.3, -0.25) is 9.59 Å². The fourth-order valence-electron chi connectivity index (χ4n) is 3.32. The molecule has 0 radical (unpaired) electrons. The van der Waals surface area contributed by atoms with Gasteiger partial charge in [0.25, 0.3) is 0 Å². The van der Waals surface area contributed by atoms with Crippen molar-refractivity contribution in [3.63, 3.8) is 0 Å². The number of rotatable bonds is 9. The van der Waals surface area contributed by atoms with Gasteiger partial charge in [-0.05, 0) is 35.3 Å². The van der Waals surface area contributed by atoms with Gasteiger partial charge >= 0.3 is 18.1 Å². The maximum absolute atomic E-state index is 12.3. The van der Waals surface area contributed by atoms with Crippen LogP contribution < -0.4 is 10.6 Å². The molecule has 0 aliphatic heterocycles. The molecule has 36 heavy (non-hydrogen) atoms. The number of nitrogens with zero attached hydrogens (tertiary/aromatic N) is 1. The number of aliphatic carboxylic acids is 2. The molecule has 0 bridgehead atoms. The molecule has 0 saturated heterocycles. The molecule has 0 spiro atoms. The lowest BCUT2D eigenvalue weighted by Crippen LogP contribution is -2.26. The number of alkyl halides is 3. The van der Waals surface area contributed by atoms with Crippen LogP contribution in [0.3, 0.4) is 0 Å². The van der Waals surface area contributed by atoms with E-state index in [1.54, 1.807) is 6.20 Å². The second kappa shape index (κ2) is 13.7. The summed E-state index contributed by atoms with van der Waals surface area (Å²) in [6.07, 6.45) is 3.42. The number of pyridine rings is 1. The number of aromatic nitrogens is 1. The molecule has 0 fully saturated rings. The minimum Gasteiger partial charge on any atom is -0.481 e. The van der Waals surface area contributed by atoms with Gasteiger partial charge in [-0.2, -0.15) is 13.2 Å².